The zero-order valence-electron chi connectivity index (χ0n) is 25.4. The van der Waals surface area contributed by atoms with Gasteiger partial charge in [-0.15, -0.1) is 0 Å². The molecule has 0 bridgehead atoms. The number of benzene rings is 3. The lowest BCUT2D eigenvalue weighted by atomic mass is 9.92. The zero-order chi connectivity index (χ0) is 28.0. The minimum Gasteiger partial charge on any atom is -0.255 e. The maximum Gasteiger partial charge on any atom is 0.0639 e. The summed E-state index contributed by atoms with van der Waals surface area (Å²) in [6, 6.07) is 19.9. The van der Waals surface area contributed by atoms with Crippen molar-refractivity contribution in [3.63, 3.8) is 0 Å². The molecule has 3 rings (SSSR count). The minimum atomic E-state index is 0.852. The Morgan fingerprint density at radius 1 is 0.692 bits per heavy atom. The van der Waals surface area contributed by atoms with Crippen LogP contribution in [0.4, 0.5) is 11.4 Å². The Kier molecular flexibility index (Phi) is 12.7. The van der Waals surface area contributed by atoms with Crippen LogP contribution in [-0.4, -0.2) is 11.9 Å². The van der Waals surface area contributed by atoms with Gasteiger partial charge in [0.25, 0.3) is 0 Å². The molecular formula is C37H50N2. The molecule has 0 amide bonds. The zero-order valence-corrected chi connectivity index (χ0v) is 25.4. The van der Waals surface area contributed by atoms with E-state index < -0.39 is 0 Å². The first-order valence-corrected chi connectivity index (χ1v) is 15.5. The van der Waals surface area contributed by atoms with Gasteiger partial charge in [0.05, 0.1) is 17.1 Å². The van der Waals surface area contributed by atoms with Crippen molar-refractivity contribution in [2.24, 2.45) is 9.98 Å². The van der Waals surface area contributed by atoms with Gasteiger partial charge in [-0.05, 0) is 115 Å². The summed E-state index contributed by atoms with van der Waals surface area (Å²) < 4.78 is 0. The summed E-state index contributed by atoms with van der Waals surface area (Å²) in [6.45, 7) is 13.5. The van der Waals surface area contributed by atoms with E-state index in [4.69, 9.17) is 9.98 Å². The molecular weight excluding hydrogens is 472 g/mol. The van der Waals surface area contributed by atoms with Crippen LogP contribution < -0.4 is 0 Å². The van der Waals surface area contributed by atoms with E-state index in [1.165, 1.54) is 78.3 Å². The van der Waals surface area contributed by atoms with E-state index in [9.17, 15) is 0 Å². The molecule has 0 aliphatic carbocycles. The van der Waals surface area contributed by atoms with Crippen LogP contribution in [0.5, 0.6) is 0 Å². The second kappa shape index (κ2) is 16.2. The van der Waals surface area contributed by atoms with Crippen molar-refractivity contribution in [3.05, 3.63) is 82.4 Å². The van der Waals surface area contributed by atoms with E-state index in [1.54, 1.807) is 5.56 Å². The number of unbranched alkanes of at least 4 members (excludes halogenated alkanes) is 4. The summed E-state index contributed by atoms with van der Waals surface area (Å²) in [4.78, 5) is 10.1. The van der Waals surface area contributed by atoms with E-state index in [0.29, 0.717) is 0 Å². The molecule has 0 saturated heterocycles. The molecule has 3 aromatic rings. The molecule has 0 N–H and O–H groups in total. The standard InChI is InChI=1S/C37H50N2/c1-7-12-14-18-22-36-28(6)23-34(25-31(36)19-13-8-2)39-32(10-4)27-38-33-24-29(9-3)35(11-5)37(26-33)30-20-16-15-17-21-30/h15-17,20-21,23-27H,7-14,18-19,22H2,1-6H3. The first-order chi connectivity index (χ1) is 19.0. The maximum atomic E-state index is 5.10. The molecule has 0 spiro atoms. The highest BCUT2D eigenvalue weighted by Crippen LogP contribution is 2.32. The van der Waals surface area contributed by atoms with Gasteiger partial charge in [-0.2, -0.15) is 0 Å². The second-order valence-corrected chi connectivity index (χ2v) is 10.7. The van der Waals surface area contributed by atoms with Gasteiger partial charge in [-0.1, -0.05) is 90.6 Å². The summed E-state index contributed by atoms with van der Waals surface area (Å²) in [7, 11) is 0. The van der Waals surface area contributed by atoms with Crippen LogP contribution in [0, 0.1) is 6.92 Å². The van der Waals surface area contributed by atoms with Crippen LogP contribution in [0.15, 0.2) is 64.6 Å². The Balaban J connectivity index is 1.93. The third-order valence-corrected chi connectivity index (χ3v) is 7.77. The highest BCUT2D eigenvalue weighted by atomic mass is 14.8. The van der Waals surface area contributed by atoms with E-state index in [0.717, 1.165) is 42.8 Å². The average molecular weight is 523 g/mol. The van der Waals surface area contributed by atoms with Crippen molar-refractivity contribution in [3.8, 4) is 11.1 Å². The molecule has 208 valence electrons. The summed E-state index contributed by atoms with van der Waals surface area (Å²) in [5, 5.41) is 0. The summed E-state index contributed by atoms with van der Waals surface area (Å²) in [5.41, 5.74) is 12.9. The van der Waals surface area contributed by atoms with Crippen LogP contribution in [0.25, 0.3) is 11.1 Å². The highest BCUT2D eigenvalue weighted by molar-refractivity contribution is 6.31. The monoisotopic (exact) mass is 522 g/mol. The molecule has 0 atom stereocenters. The SMILES string of the molecule is CCCCCCc1c(C)cc(N=C(C=Nc2cc(CC)c(CC)c(-c3ccccc3)c2)CC)cc1CCCC. The number of aliphatic imine (C=N–C) groups is 2. The Morgan fingerprint density at radius 2 is 1.44 bits per heavy atom. The molecule has 2 heteroatoms. The smallest absolute Gasteiger partial charge is 0.0639 e. The Morgan fingerprint density at radius 3 is 2.10 bits per heavy atom. The van der Waals surface area contributed by atoms with Crippen molar-refractivity contribution in [1.29, 1.82) is 0 Å². The van der Waals surface area contributed by atoms with Crippen molar-refractivity contribution in [1.82, 2.24) is 0 Å². The van der Waals surface area contributed by atoms with Crippen molar-refractivity contribution in [2.45, 2.75) is 112 Å². The van der Waals surface area contributed by atoms with Gasteiger partial charge in [0, 0.05) is 6.21 Å². The fraction of sp³-hybridized carbons (Fsp3) is 0.459. The first kappa shape index (κ1) is 30.5. The molecule has 0 aliphatic rings. The molecule has 0 aliphatic heterocycles. The second-order valence-electron chi connectivity index (χ2n) is 10.7. The highest BCUT2D eigenvalue weighted by Gasteiger charge is 2.11. The molecule has 0 saturated carbocycles. The fourth-order valence-corrected chi connectivity index (χ4v) is 5.52. The van der Waals surface area contributed by atoms with E-state index >= 15 is 0 Å². The average Bonchev–Trinajstić information content (AvgIpc) is 2.97. The topological polar surface area (TPSA) is 24.7 Å². The van der Waals surface area contributed by atoms with E-state index in [2.05, 4.69) is 96.1 Å². The first-order valence-electron chi connectivity index (χ1n) is 15.5. The summed E-state index contributed by atoms with van der Waals surface area (Å²) in [5.74, 6) is 0. The number of hydrogen-bond acceptors (Lipinski definition) is 2. The molecule has 3 aromatic carbocycles. The van der Waals surface area contributed by atoms with E-state index in [-0.39, 0.29) is 0 Å². The Hall–Kier alpha value is -3.00. The number of aryl methyl sites for hydroxylation is 3. The van der Waals surface area contributed by atoms with Crippen molar-refractivity contribution in [2.75, 3.05) is 0 Å². The van der Waals surface area contributed by atoms with Gasteiger partial charge >= 0.3 is 0 Å². The molecule has 2 nitrogen and oxygen atoms in total. The summed E-state index contributed by atoms with van der Waals surface area (Å²) >= 11 is 0. The predicted molar refractivity (Wildman–Crippen MR) is 174 cm³/mol. The molecule has 0 fully saturated rings. The van der Waals surface area contributed by atoms with Gasteiger partial charge in [-0.3, -0.25) is 9.98 Å². The Bertz CT molecular complexity index is 1230. The lowest BCUT2D eigenvalue weighted by molar-refractivity contribution is 0.661. The largest absolute Gasteiger partial charge is 0.255 e. The lowest BCUT2D eigenvalue weighted by Crippen LogP contribution is -2.01. The molecule has 0 heterocycles. The Labute approximate surface area is 238 Å². The van der Waals surface area contributed by atoms with Crippen LogP contribution in [0.1, 0.15) is 107 Å². The minimum absolute atomic E-state index is 0.852. The normalized spacial score (nSPS) is 12.0. The van der Waals surface area contributed by atoms with Crippen molar-refractivity contribution < 1.29 is 0 Å². The molecule has 0 aromatic heterocycles. The van der Waals surface area contributed by atoms with Gasteiger partial charge < -0.3 is 0 Å². The van der Waals surface area contributed by atoms with Crippen LogP contribution in [0.3, 0.4) is 0 Å². The molecule has 0 radical (unpaired) electrons. The lowest BCUT2D eigenvalue weighted by Gasteiger charge is -2.15. The number of rotatable bonds is 15. The van der Waals surface area contributed by atoms with Crippen LogP contribution in [0.2, 0.25) is 0 Å². The predicted octanol–water partition coefficient (Wildman–Crippen LogP) is 11.1. The third kappa shape index (κ3) is 8.75. The maximum absolute atomic E-state index is 5.10. The quantitative estimate of drug-likeness (QED) is 0.140. The molecule has 0 unspecified atom stereocenters. The number of nitrogens with zero attached hydrogens (tertiary/aromatic N) is 2. The van der Waals surface area contributed by atoms with Gasteiger partial charge in [0.2, 0.25) is 0 Å². The van der Waals surface area contributed by atoms with Crippen molar-refractivity contribution >= 4 is 23.3 Å². The van der Waals surface area contributed by atoms with E-state index in [1.807, 2.05) is 6.21 Å². The fourth-order valence-electron chi connectivity index (χ4n) is 5.52. The van der Waals surface area contributed by atoms with Crippen LogP contribution >= 0.6 is 0 Å². The van der Waals surface area contributed by atoms with Gasteiger partial charge in [0.15, 0.2) is 0 Å². The number of hydrogen-bond donors (Lipinski definition) is 0. The molecule has 39 heavy (non-hydrogen) atoms. The van der Waals surface area contributed by atoms with Gasteiger partial charge in [-0.25, -0.2) is 0 Å². The van der Waals surface area contributed by atoms with Crippen LogP contribution in [-0.2, 0) is 25.7 Å². The van der Waals surface area contributed by atoms with Gasteiger partial charge in [0.1, 0.15) is 0 Å². The third-order valence-electron chi connectivity index (χ3n) is 7.77. The summed E-state index contributed by atoms with van der Waals surface area (Å²) in [6.07, 6.45) is 14.9.